The number of aromatic nitrogens is 1. The van der Waals surface area contributed by atoms with E-state index in [1.165, 1.54) is 6.20 Å². The number of rotatable bonds is 6. The van der Waals surface area contributed by atoms with E-state index in [-0.39, 0.29) is 11.8 Å². The van der Waals surface area contributed by atoms with Crippen molar-refractivity contribution in [1.82, 2.24) is 4.98 Å². The molecule has 164 valence electrons. The minimum absolute atomic E-state index is 0.240. The van der Waals surface area contributed by atoms with Crippen LogP contribution < -0.4 is 15.4 Å². The summed E-state index contributed by atoms with van der Waals surface area (Å²) in [6.45, 7) is 0. The van der Waals surface area contributed by atoms with E-state index in [9.17, 15) is 9.59 Å². The van der Waals surface area contributed by atoms with Crippen LogP contribution in [0, 0.1) is 0 Å². The van der Waals surface area contributed by atoms with Gasteiger partial charge in [0.2, 0.25) is 5.88 Å². The number of amides is 2. The first-order valence-corrected chi connectivity index (χ1v) is 11.4. The number of ether oxygens (including phenoxy) is 1. The second kappa shape index (κ2) is 10.4. The average Bonchev–Trinajstić information content (AvgIpc) is 2.80. The quantitative estimate of drug-likeness (QED) is 0.266. The highest BCUT2D eigenvalue weighted by atomic mass is 79.9. The molecule has 0 aliphatic rings. The molecule has 0 radical (unpaired) electrons. The van der Waals surface area contributed by atoms with Gasteiger partial charge in [0.1, 0.15) is 5.75 Å². The van der Waals surface area contributed by atoms with Crippen molar-refractivity contribution in [2.45, 2.75) is 0 Å². The predicted octanol–water partition coefficient (Wildman–Crippen LogP) is 6.90. The summed E-state index contributed by atoms with van der Waals surface area (Å²) in [6.07, 6.45) is 1.45. The fraction of sp³-hybridized carbons (Fsp3) is 0. The molecular formula is C25H17Br2N3O3. The molecule has 0 spiro atoms. The Kier molecular flexibility index (Phi) is 7.16. The second-order valence-electron chi connectivity index (χ2n) is 6.94. The van der Waals surface area contributed by atoms with Gasteiger partial charge < -0.3 is 15.4 Å². The Hall–Kier alpha value is -3.49. The Morgan fingerprint density at radius 1 is 0.697 bits per heavy atom. The fourth-order valence-electron chi connectivity index (χ4n) is 2.91. The molecule has 0 aliphatic heterocycles. The number of nitrogens with zero attached hydrogens (tertiary/aromatic N) is 1. The summed E-state index contributed by atoms with van der Waals surface area (Å²) >= 11 is 6.74. The molecule has 6 nitrogen and oxygen atoms in total. The molecular weight excluding hydrogens is 550 g/mol. The maximum Gasteiger partial charge on any atom is 0.257 e. The third kappa shape index (κ3) is 6.27. The Morgan fingerprint density at radius 3 is 1.97 bits per heavy atom. The molecule has 0 saturated carbocycles. The monoisotopic (exact) mass is 565 g/mol. The lowest BCUT2D eigenvalue weighted by Gasteiger charge is -2.10. The molecule has 3 aromatic carbocycles. The van der Waals surface area contributed by atoms with Gasteiger partial charge in [-0.3, -0.25) is 9.59 Å². The van der Waals surface area contributed by atoms with Gasteiger partial charge in [0.05, 0.1) is 5.56 Å². The average molecular weight is 567 g/mol. The molecule has 1 aromatic heterocycles. The van der Waals surface area contributed by atoms with E-state index in [2.05, 4.69) is 47.5 Å². The summed E-state index contributed by atoms with van der Waals surface area (Å²) < 4.78 is 7.48. The van der Waals surface area contributed by atoms with Gasteiger partial charge >= 0.3 is 0 Å². The van der Waals surface area contributed by atoms with Crippen molar-refractivity contribution in [3.63, 3.8) is 0 Å². The predicted molar refractivity (Wildman–Crippen MR) is 135 cm³/mol. The van der Waals surface area contributed by atoms with E-state index in [4.69, 9.17) is 4.74 Å². The molecule has 0 fully saturated rings. The van der Waals surface area contributed by atoms with E-state index in [1.54, 1.807) is 60.7 Å². The highest BCUT2D eigenvalue weighted by Crippen LogP contribution is 2.23. The van der Waals surface area contributed by atoms with Crippen LogP contribution in [0.2, 0.25) is 0 Å². The van der Waals surface area contributed by atoms with E-state index in [1.807, 2.05) is 24.3 Å². The van der Waals surface area contributed by atoms with Crippen molar-refractivity contribution in [1.29, 1.82) is 0 Å². The van der Waals surface area contributed by atoms with Crippen molar-refractivity contribution in [3.05, 3.63) is 111 Å². The Labute approximate surface area is 207 Å². The number of anilines is 2. The number of hydrogen-bond donors (Lipinski definition) is 2. The molecule has 0 atom stereocenters. The lowest BCUT2D eigenvalue weighted by molar-refractivity contribution is 0.101. The van der Waals surface area contributed by atoms with Crippen LogP contribution in [0.15, 0.2) is 100 Å². The van der Waals surface area contributed by atoms with Crippen LogP contribution in [0.5, 0.6) is 11.6 Å². The fourth-order valence-corrected chi connectivity index (χ4v) is 3.55. The lowest BCUT2D eigenvalue weighted by Crippen LogP contribution is -2.14. The SMILES string of the molecule is O=C(Nc1cccc(NC(=O)c2ccc(Oc3cccc(Br)c3)nc2)c1)c1ccc(Br)cc1. The largest absolute Gasteiger partial charge is 0.439 e. The van der Waals surface area contributed by atoms with Crippen LogP contribution in [0.4, 0.5) is 11.4 Å². The molecule has 1 heterocycles. The number of nitrogens with one attached hydrogen (secondary N) is 2. The summed E-state index contributed by atoms with van der Waals surface area (Å²) in [6, 6.07) is 24.6. The molecule has 2 N–H and O–H groups in total. The van der Waals surface area contributed by atoms with Crippen LogP contribution in [0.3, 0.4) is 0 Å². The minimum atomic E-state index is -0.326. The zero-order chi connectivity index (χ0) is 23.2. The minimum Gasteiger partial charge on any atom is -0.439 e. The summed E-state index contributed by atoms with van der Waals surface area (Å²) in [5.41, 5.74) is 2.02. The van der Waals surface area contributed by atoms with Crippen LogP contribution in [-0.2, 0) is 0 Å². The van der Waals surface area contributed by atoms with E-state index in [0.29, 0.717) is 34.1 Å². The zero-order valence-corrected chi connectivity index (χ0v) is 20.3. The normalized spacial score (nSPS) is 10.4. The Bertz CT molecular complexity index is 1290. The molecule has 33 heavy (non-hydrogen) atoms. The molecule has 0 aliphatic carbocycles. The Balaban J connectivity index is 1.39. The van der Waals surface area contributed by atoms with Crippen LogP contribution in [0.1, 0.15) is 20.7 Å². The third-order valence-electron chi connectivity index (χ3n) is 4.50. The molecule has 0 bridgehead atoms. The number of pyridine rings is 1. The number of hydrogen-bond acceptors (Lipinski definition) is 4. The van der Waals surface area contributed by atoms with Gasteiger partial charge in [0, 0.05) is 38.1 Å². The summed E-state index contributed by atoms with van der Waals surface area (Å²) in [7, 11) is 0. The maximum absolute atomic E-state index is 12.6. The van der Waals surface area contributed by atoms with Crippen LogP contribution >= 0.6 is 31.9 Å². The summed E-state index contributed by atoms with van der Waals surface area (Å²) in [4.78, 5) is 29.3. The van der Waals surface area contributed by atoms with Crippen molar-refractivity contribution < 1.29 is 14.3 Å². The van der Waals surface area contributed by atoms with E-state index in [0.717, 1.165) is 8.95 Å². The van der Waals surface area contributed by atoms with Crippen molar-refractivity contribution in [2.24, 2.45) is 0 Å². The summed E-state index contributed by atoms with van der Waals surface area (Å²) in [5.74, 6) is 0.447. The van der Waals surface area contributed by atoms with Crippen LogP contribution in [-0.4, -0.2) is 16.8 Å². The molecule has 0 saturated heterocycles. The molecule has 0 unspecified atom stereocenters. The van der Waals surface area contributed by atoms with Gasteiger partial charge in [0.15, 0.2) is 0 Å². The number of halogens is 2. The van der Waals surface area contributed by atoms with Crippen molar-refractivity contribution >= 4 is 55.0 Å². The first-order chi connectivity index (χ1) is 16.0. The van der Waals surface area contributed by atoms with Crippen molar-refractivity contribution in [2.75, 3.05) is 10.6 Å². The number of benzene rings is 3. The molecule has 8 heteroatoms. The molecule has 4 aromatic rings. The number of carbonyl (C=O) groups is 2. The van der Waals surface area contributed by atoms with Gasteiger partial charge in [-0.15, -0.1) is 0 Å². The van der Waals surface area contributed by atoms with Gasteiger partial charge in [-0.25, -0.2) is 4.98 Å². The topological polar surface area (TPSA) is 80.3 Å². The molecule has 2 amide bonds. The summed E-state index contributed by atoms with van der Waals surface area (Å²) in [5, 5.41) is 5.64. The highest BCUT2D eigenvalue weighted by Gasteiger charge is 2.10. The van der Waals surface area contributed by atoms with Gasteiger partial charge in [-0.05, 0) is 66.7 Å². The lowest BCUT2D eigenvalue weighted by atomic mass is 10.2. The van der Waals surface area contributed by atoms with E-state index < -0.39 is 0 Å². The maximum atomic E-state index is 12.6. The second-order valence-corrected chi connectivity index (χ2v) is 8.77. The zero-order valence-electron chi connectivity index (χ0n) is 17.1. The highest BCUT2D eigenvalue weighted by molar-refractivity contribution is 9.10. The first kappa shape index (κ1) is 22.7. The van der Waals surface area contributed by atoms with Gasteiger partial charge in [0.25, 0.3) is 11.8 Å². The van der Waals surface area contributed by atoms with Crippen LogP contribution in [0.25, 0.3) is 0 Å². The standard InChI is InChI=1S/C25H17Br2N3O3/c26-18-10-7-16(8-11-18)24(31)29-20-4-2-5-21(14-20)30-25(32)17-9-12-23(28-15-17)33-22-6-1-3-19(27)13-22/h1-15H,(H,29,31)(H,30,32). The van der Waals surface area contributed by atoms with Gasteiger partial charge in [-0.2, -0.15) is 0 Å². The smallest absolute Gasteiger partial charge is 0.257 e. The Morgan fingerprint density at radius 2 is 1.33 bits per heavy atom. The number of carbonyl (C=O) groups excluding carboxylic acids is 2. The van der Waals surface area contributed by atoms with Gasteiger partial charge in [-0.1, -0.05) is 44.0 Å². The first-order valence-electron chi connectivity index (χ1n) is 9.84. The molecule has 4 rings (SSSR count). The third-order valence-corrected chi connectivity index (χ3v) is 5.52. The van der Waals surface area contributed by atoms with E-state index >= 15 is 0 Å². The van der Waals surface area contributed by atoms with Crippen molar-refractivity contribution in [3.8, 4) is 11.6 Å².